The number of hydrogen-bond acceptors (Lipinski definition) is 5. The second-order valence-corrected chi connectivity index (χ2v) is 6.19. The first kappa shape index (κ1) is 18.3. The van der Waals surface area contributed by atoms with Crippen molar-refractivity contribution in [1.82, 2.24) is 0 Å². The summed E-state index contributed by atoms with van der Waals surface area (Å²) >= 11 is 0. The van der Waals surface area contributed by atoms with E-state index in [-0.39, 0.29) is 11.8 Å². The number of carbonyl (C=O) groups is 2. The topological polar surface area (TPSA) is 100 Å². The normalized spacial score (nSPS) is 17.4. The molecule has 2 aromatic rings. The highest BCUT2D eigenvalue weighted by molar-refractivity contribution is 6.03. The second kappa shape index (κ2) is 7.79. The molecule has 0 bridgehead atoms. The summed E-state index contributed by atoms with van der Waals surface area (Å²) in [7, 11) is 3.05. The van der Waals surface area contributed by atoms with Gasteiger partial charge in [-0.3, -0.25) is 9.59 Å². The Bertz CT molecular complexity index is 920. The summed E-state index contributed by atoms with van der Waals surface area (Å²) in [6.07, 6.45) is 0.474. The van der Waals surface area contributed by atoms with Gasteiger partial charge in [-0.05, 0) is 36.8 Å². The highest BCUT2D eigenvalue weighted by Gasteiger charge is 2.48. The van der Waals surface area contributed by atoms with Crippen LogP contribution in [0.2, 0.25) is 0 Å². The molecule has 3 rings (SSSR count). The van der Waals surface area contributed by atoms with Crippen LogP contribution in [0.15, 0.2) is 42.5 Å². The van der Waals surface area contributed by atoms with Gasteiger partial charge >= 0.3 is 0 Å². The third-order valence-corrected chi connectivity index (χ3v) is 4.39. The van der Waals surface area contributed by atoms with E-state index >= 15 is 0 Å². The predicted molar refractivity (Wildman–Crippen MR) is 99.6 cm³/mol. The smallest absolute Gasteiger partial charge is 0.228 e. The van der Waals surface area contributed by atoms with Crippen molar-refractivity contribution in [2.45, 2.75) is 6.42 Å². The Balaban J connectivity index is 1.62. The van der Waals surface area contributed by atoms with Crippen LogP contribution in [0.3, 0.4) is 0 Å². The number of nitriles is 1. The number of nitrogens with one attached hydrogen (secondary N) is 2. The number of hydrogen-bond donors (Lipinski definition) is 2. The van der Waals surface area contributed by atoms with Crippen molar-refractivity contribution in [3.8, 4) is 17.6 Å². The summed E-state index contributed by atoms with van der Waals surface area (Å²) in [6.45, 7) is 0. The van der Waals surface area contributed by atoms with Gasteiger partial charge in [-0.1, -0.05) is 6.07 Å². The Kier molecular flexibility index (Phi) is 5.27. The Morgan fingerprint density at radius 3 is 2.44 bits per heavy atom. The zero-order valence-electron chi connectivity index (χ0n) is 15.0. The number of nitrogens with zero attached hydrogens (tertiary/aromatic N) is 1. The molecule has 1 fully saturated rings. The first-order chi connectivity index (χ1) is 13.0. The molecule has 2 atom stereocenters. The molecule has 0 radical (unpaired) electrons. The lowest BCUT2D eigenvalue weighted by Gasteiger charge is -2.11. The minimum Gasteiger partial charge on any atom is -0.497 e. The molecule has 1 aliphatic rings. The molecule has 7 nitrogen and oxygen atoms in total. The number of ether oxygens (including phenoxy) is 2. The minimum atomic E-state index is -0.403. The summed E-state index contributed by atoms with van der Waals surface area (Å²) in [6, 6.07) is 13.8. The molecule has 0 aliphatic heterocycles. The van der Waals surface area contributed by atoms with Gasteiger partial charge in [0.1, 0.15) is 11.5 Å². The van der Waals surface area contributed by atoms with Gasteiger partial charge in [0.15, 0.2) is 0 Å². The molecule has 0 spiro atoms. The molecule has 2 amide bonds. The Labute approximate surface area is 156 Å². The van der Waals surface area contributed by atoms with Crippen LogP contribution in [0.5, 0.6) is 11.5 Å². The van der Waals surface area contributed by atoms with Crippen molar-refractivity contribution in [2.75, 3.05) is 24.9 Å². The standard InChI is InChI=1S/C20H19N3O4/c1-26-14-6-7-18(27-2)17(9-14)23-20(25)16-10-15(16)19(24)22-13-5-3-4-12(8-13)11-21/h3-9,15-16H,10H2,1-2H3,(H,22,24)(H,23,25). The third kappa shape index (κ3) is 4.18. The van der Waals surface area contributed by atoms with Crippen LogP contribution in [-0.2, 0) is 9.59 Å². The number of anilines is 2. The SMILES string of the molecule is COc1ccc(OC)c(NC(=O)C2CC2C(=O)Nc2cccc(C#N)c2)c1. The Morgan fingerprint density at radius 2 is 1.78 bits per heavy atom. The van der Waals surface area contributed by atoms with Crippen LogP contribution in [0, 0.1) is 23.2 Å². The van der Waals surface area contributed by atoms with E-state index in [0.29, 0.717) is 34.9 Å². The van der Waals surface area contributed by atoms with Crippen LogP contribution < -0.4 is 20.1 Å². The monoisotopic (exact) mass is 365 g/mol. The molecule has 0 aromatic heterocycles. The quantitative estimate of drug-likeness (QED) is 0.820. The summed E-state index contributed by atoms with van der Waals surface area (Å²) in [5.41, 5.74) is 1.50. The van der Waals surface area contributed by atoms with Gasteiger partial charge in [0.2, 0.25) is 11.8 Å². The second-order valence-electron chi connectivity index (χ2n) is 6.19. The molecular formula is C20H19N3O4. The van der Waals surface area contributed by atoms with Gasteiger partial charge in [0, 0.05) is 11.8 Å². The number of amides is 2. The number of methoxy groups -OCH3 is 2. The van der Waals surface area contributed by atoms with Gasteiger partial charge in [-0.15, -0.1) is 0 Å². The van der Waals surface area contributed by atoms with Crippen LogP contribution in [0.25, 0.3) is 0 Å². The highest BCUT2D eigenvalue weighted by Crippen LogP contribution is 2.41. The number of carbonyl (C=O) groups excluding carboxylic acids is 2. The van der Waals surface area contributed by atoms with Crippen LogP contribution in [-0.4, -0.2) is 26.0 Å². The lowest BCUT2D eigenvalue weighted by atomic mass is 10.2. The molecule has 0 heterocycles. The first-order valence-corrected chi connectivity index (χ1v) is 8.39. The van der Waals surface area contributed by atoms with Gasteiger partial charge in [0.05, 0.1) is 43.4 Å². The molecule has 1 saturated carbocycles. The maximum Gasteiger partial charge on any atom is 0.228 e. The van der Waals surface area contributed by atoms with E-state index < -0.39 is 11.8 Å². The van der Waals surface area contributed by atoms with E-state index in [9.17, 15) is 9.59 Å². The first-order valence-electron chi connectivity index (χ1n) is 8.39. The van der Waals surface area contributed by atoms with Crippen molar-refractivity contribution < 1.29 is 19.1 Å². The average molecular weight is 365 g/mol. The molecule has 27 heavy (non-hydrogen) atoms. The van der Waals surface area contributed by atoms with Gasteiger partial charge < -0.3 is 20.1 Å². The van der Waals surface area contributed by atoms with E-state index in [4.69, 9.17) is 14.7 Å². The Hall–Kier alpha value is -3.53. The van der Waals surface area contributed by atoms with Crippen molar-refractivity contribution in [1.29, 1.82) is 5.26 Å². The van der Waals surface area contributed by atoms with Crippen molar-refractivity contribution in [3.63, 3.8) is 0 Å². The molecule has 0 saturated heterocycles. The minimum absolute atomic E-state index is 0.233. The maximum absolute atomic E-state index is 12.5. The van der Waals surface area contributed by atoms with E-state index in [1.807, 2.05) is 6.07 Å². The molecule has 2 unspecified atom stereocenters. The molecule has 1 aliphatic carbocycles. The fraction of sp³-hybridized carbons (Fsp3) is 0.250. The van der Waals surface area contributed by atoms with Gasteiger partial charge in [-0.25, -0.2) is 0 Å². The summed E-state index contributed by atoms with van der Waals surface area (Å²) in [4.78, 5) is 24.8. The van der Waals surface area contributed by atoms with E-state index in [1.54, 1.807) is 42.5 Å². The fourth-order valence-electron chi connectivity index (χ4n) is 2.81. The summed E-state index contributed by atoms with van der Waals surface area (Å²) < 4.78 is 10.4. The Morgan fingerprint density at radius 1 is 1.04 bits per heavy atom. The molecule has 138 valence electrons. The van der Waals surface area contributed by atoms with Gasteiger partial charge in [0.25, 0.3) is 0 Å². The average Bonchev–Trinajstić information content (AvgIpc) is 3.49. The predicted octanol–water partition coefficient (Wildman–Crippen LogP) is 2.79. The zero-order valence-corrected chi connectivity index (χ0v) is 15.0. The lowest BCUT2D eigenvalue weighted by molar-refractivity contribution is -0.122. The van der Waals surface area contributed by atoms with Crippen molar-refractivity contribution in [2.24, 2.45) is 11.8 Å². The van der Waals surface area contributed by atoms with Crippen molar-refractivity contribution >= 4 is 23.2 Å². The van der Waals surface area contributed by atoms with E-state index in [2.05, 4.69) is 10.6 Å². The lowest BCUT2D eigenvalue weighted by Crippen LogP contribution is -2.20. The van der Waals surface area contributed by atoms with E-state index in [1.165, 1.54) is 14.2 Å². The van der Waals surface area contributed by atoms with Crippen LogP contribution in [0.4, 0.5) is 11.4 Å². The highest BCUT2D eigenvalue weighted by atomic mass is 16.5. The molecule has 7 heteroatoms. The van der Waals surface area contributed by atoms with Crippen LogP contribution >= 0.6 is 0 Å². The molecule has 2 N–H and O–H groups in total. The zero-order chi connectivity index (χ0) is 19.4. The third-order valence-electron chi connectivity index (χ3n) is 4.39. The molecular weight excluding hydrogens is 346 g/mol. The number of benzene rings is 2. The van der Waals surface area contributed by atoms with E-state index in [0.717, 1.165) is 0 Å². The fourth-order valence-corrected chi connectivity index (χ4v) is 2.81. The molecule has 2 aromatic carbocycles. The number of rotatable bonds is 6. The largest absolute Gasteiger partial charge is 0.497 e. The maximum atomic E-state index is 12.5. The summed E-state index contributed by atoms with van der Waals surface area (Å²) in [5, 5.41) is 14.5. The van der Waals surface area contributed by atoms with Crippen molar-refractivity contribution in [3.05, 3.63) is 48.0 Å². The van der Waals surface area contributed by atoms with Crippen LogP contribution in [0.1, 0.15) is 12.0 Å². The summed E-state index contributed by atoms with van der Waals surface area (Å²) in [5.74, 6) is -0.171. The van der Waals surface area contributed by atoms with Gasteiger partial charge in [-0.2, -0.15) is 5.26 Å².